The van der Waals surface area contributed by atoms with Gasteiger partial charge in [-0.1, -0.05) is 29.5 Å². The van der Waals surface area contributed by atoms with Gasteiger partial charge in [0.05, 0.1) is 35.2 Å². The summed E-state index contributed by atoms with van der Waals surface area (Å²) in [5.74, 6) is 0.436. The van der Waals surface area contributed by atoms with Gasteiger partial charge in [-0.25, -0.2) is 14.6 Å². The van der Waals surface area contributed by atoms with E-state index in [4.69, 9.17) is 4.74 Å². The fraction of sp³-hybridized carbons (Fsp3) is 0.429. The van der Waals surface area contributed by atoms with Gasteiger partial charge in [-0.15, -0.1) is 0 Å². The van der Waals surface area contributed by atoms with Crippen molar-refractivity contribution < 1.29 is 9.53 Å². The van der Waals surface area contributed by atoms with E-state index in [1.807, 2.05) is 23.4 Å². The SMILES string of the molecule is Cc1ccc(-n2ncc3c(SCC(=O)N4C[C@H](C)O[C@@H](C)C4)ncnc32)c(C)c1. The van der Waals surface area contributed by atoms with Crippen molar-refractivity contribution in [1.29, 1.82) is 0 Å². The zero-order chi connectivity index (χ0) is 20.5. The first-order chi connectivity index (χ1) is 13.9. The number of aryl methyl sites for hydroxylation is 2. The number of thioether (sulfide) groups is 1. The van der Waals surface area contributed by atoms with Crippen LogP contribution in [0.2, 0.25) is 0 Å². The van der Waals surface area contributed by atoms with E-state index in [1.165, 1.54) is 23.7 Å². The molecule has 0 aliphatic carbocycles. The molecule has 2 atom stereocenters. The molecule has 0 radical (unpaired) electrons. The minimum Gasteiger partial charge on any atom is -0.372 e. The Morgan fingerprint density at radius 1 is 1.21 bits per heavy atom. The normalized spacial score (nSPS) is 19.7. The fourth-order valence-corrected chi connectivity index (χ4v) is 4.62. The van der Waals surface area contributed by atoms with Crippen LogP contribution in [0.25, 0.3) is 16.7 Å². The van der Waals surface area contributed by atoms with Crippen molar-refractivity contribution in [3.8, 4) is 5.69 Å². The van der Waals surface area contributed by atoms with Gasteiger partial charge < -0.3 is 9.64 Å². The van der Waals surface area contributed by atoms with E-state index in [2.05, 4.69) is 47.1 Å². The molecular weight excluding hydrogens is 386 g/mol. The molecule has 8 heteroatoms. The standard InChI is InChI=1S/C21H25N5O2S/c1-13-5-6-18(14(2)7-13)26-20-17(8-24-26)21(23-12-22-20)29-11-19(27)25-9-15(3)28-16(4)10-25/h5-8,12,15-16H,9-11H2,1-4H3/t15-,16-/m0/s1. The number of nitrogens with zero attached hydrogens (tertiary/aromatic N) is 5. The van der Waals surface area contributed by atoms with Gasteiger partial charge in [-0.2, -0.15) is 5.10 Å². The van der Waals surface area contributed by atoms with Crippen molar-refractivity contribution in [2.24, 2.45) is 0 Å². The molecule has 7 nitrogen and oxygen atoms in total. The van der Waals surface area contributed by atoms with Gasteiger partial charge in [0.1, 0.15) is 11.4 Å². The number of carbonyl (C=O) groups excluding carboxylic acids is 1. The Labute approximate surface area is 174 Å². The lowest BCUT2D eigenvalue weighted by Gasteiger charge is -2.35. The number of hydrogen-bond donors (Lipinski definition) is 0. The summed E-state index contributed by atoms with van der Waals surface area (Å²) in [6.45, 7) is 9.40. The highest BCUT2D eigenvalue weighted by molar-refractivity contribution is 8.00. The first-order valence-corrected chi connectivity index (χ1v) is 10.7. The van der Waals surface area contributed by atoms with E-state index >= 15 is 0 Å². The molecule has 1 aromatic carbocycles. The molecule has 0 saturated carbocycles. The molecule has 1 aliphatic rings. The van der Waals surface area contributed by atoms with E-state index in [-0.39, 0.29) is 18.1 Å². The minimum atomic E-state index is 0.0643. The van der Waals surface area contributed by atoms with Crippen LogP contribution in [0.3, 0.4) is 0 Å². The van der Waals surface area contributed by atoms with Gasteiger partial charge in [0, 0.05) is 13.1 Å². The number of carbonyl (C=O) groups is 1. The van der Waals surface area contributed by atoms with E-state index in [1.54, 1.807) is 6.20 Å². The van der Waals surface area contributed by atoms with Crippen molar-refractivity contribution in [2.75, 3.05) is 18.8 Å². The lowest BCUT2D eigenvalue weighted by molar-refractivity contribution is -0.140. The zero-order valence-electron chi connectivity index (χ0n) is 17.1. The van der Waals surface area contributed by atoms with Gasteiger partial charge in [-0.05, 0) is 39.3 Å². The van der Waals surface area contributed by atoms with E-state index < -0.39 is 0 Å². The average Bonchev–Trinajstić information content (AvgIpc) is 3.10. The Morgan fingerprint density at radius 3 is 2.69 bits per heavy atom. The molecule has 3 heterocycles. The van der Waals surface area contributed by atoms with Crippen molar-refractivity contribution in [3.63, 3.8) is 0 Å². The van der Waals surface area contributed by atoms with Gasteiger partial charge in [-0.3, -0.25) is 4.79 Å². The summed E-state index contributed by atoms with van der Waals surface area (Å²) in [7, 11) is 0. The van der Waals surface area contributed by atoms with Crippen LogP contribution in [-0.2, 0) is 9.53 Å². The fourth-order valence-electron chi connectivity index (χ4n) is 3.76. The summed E-state index contributed by atoms with van der Waals surface area (Å²) in [5.41, 5.74) is 4.08. The zero-order valence-corrected chi connectivity index (χ0v) is 17.9. The molecule has 1 amide bonds. The predicted molar refractivity (Wildman–Crippen MR) is 113 cm³/mol. The molecule has 1 saturated heterocycles. The monoisotopic (exact) mass is 411 g/mol. The van der Waals surface area contributed by atoms with Crippen molar-refractivity contribution in [1.82, 2.24) is 24.6 Å². The summed E-state index contributed by atoms with van der Waals surface area (Å²) in [5, 5.41) is 6.17. The van der Waals surface area contributed by atoms with Gasteiger partial charge in [0.2, 0.25) is 5.91 Å². The van der Waals surface area contributed by atoms with Crippen LogP contribution in [0.4, 0.5) is 0 Å². The number of aromatic nitrogens is 4. The summed E-state index contributed by atoms with van der Waals surface area (Å²) in [6.07, 6.45) is 3.44. The van der Waals surface area contributed by atoms with Gasteiger partial charge in [0.25, 0.3) is 0 Å². The van der Waals surface area contributed by atoms with Crippen LogP contribution in [0, 0.1) is 13.8 Å². The summed E-state index contributed by atoms with van der Waals surface area (Å²) < 4.78 is 7.55. The summed E-state index contributed by atoms with van der Waals surface area (Å²) in [6, 6.07) is 6.24. The number of morpholine rings is 1. The topological polar surface area (TPSA) is 73.1 Å². The molecular formula is C21H25N5O2S. The second-order valence-corrected chi connectivity index (χ2v) is 8.57. The number of fused-ring (bicyclic) bond motifs is 1. The van der Waals surface area contributed by atoms with Crippen LogP contribution in [-0.4, -0.2) is 61.6 Å². The van der Waals surface area contributed by atoms with E-state index in [0.717, 1.165) is 27.3 Å². The second-order valence-electron chi connectivity index (χ2n) is 7.61. The molecule has 0 bridgehead atoms. The van der Waals surface area contributed by atoms with E-state index in [0.29, 0.717) is 18.8 Å². The first kappa shape index (κ1) is 19.8. The third-order valence-corrected chi connectivity index (χ3v) is 6.00. The molecule has 4 rings (SSSR count). The highest BCUT2D eigenvalue weighted by atomic mass is 32.2. The summed E-state index contributed by atoms with van der Waals surface area (Å²) in [4.78, 5) is 23.4. The second kappa shape index (κ2) is 8.12. The van der Waals surface area contributed by atoms with Crippen molar-refractivity contribution in [2.45, 2.75) is 44.9 Å². The lowest BCUT2D eigenvalue weighted by atomic mass is 10.1. The van der Waals surface area contributed by atoms with Gasteiger partial charge in [0.15, 0.2) is 5.65 Å². The highest BCUT2D eigenvalue weighted by Crippen LogP contribution is 2.27. The van der Waals surface area contributed by atoms with Crippen LogP contribution in [0.15, 0.2) is 35.7 Å². The van der Waals surface area contributed by atoms with Crippen molar-refractivity contribution >= 4 is 28.7 Å². The first-order valence-electron chi connectivity index (χ1n) is 9.74. The molecule has 29 heavy (non-hydrogen) atoms. The van der Waals surface area contributed by atoms with Crippen LogP contribution in [0.5, 0.6) is 0 Å². The molecule has 3 aromatic rings. The molecule has 0 spiro atoms. The smallest absolute Gasteiger partial charge is 0.233 e. The lowest BCUT2D eigenvalue weighted by Crippen LogP contribution is -2.48. The molecule has 1 aliphatic heterocycles. The number of hydrogen-bond acceptors (Lipinski definition) is 6. The maximum atomic E-state index is 12.7. The van der Waals surface area contributed by atoms with Gasteiger partial charge >= 0.3 is 0 Å². The molecule has 1 fully saturated rings. The average molecular weight is 412 g/mol. The maximum absolute atomic E-state index is 12.7. The quantitative estimate of drug-likeness (QED) is 0.485. The Balaban J connectivity index is 1.55. The maximum Gasteiger partial charge on any atom is 0.233 e. The number of benzene rings is 1. The third kappa shape index (κ3) is 4.13. The minimum absolute atomic E-state index is 0.0643. The Kier molecular flexibility index (Phi) is 5.56. The number of ether oxygens (including phenoxy) is 1. The van der Waals surface area contributed by atoms with Crippen molar-refractivity contribution in [3.05, 3.63) is 41.9 Å². The Bertz CT molecular complexity index is 1040. The Hall–Kier alpha value is -2.45. The van der Waals surface area contributed by atoms with Crippen LogP contribution >= 0.6 is 11.8 Å². The number of amides is 1. The third-order valence-electron chi connectivity index (χ3n) is 5.01. The summed E-state index contributed by atoms with van der Waals surface area (Å²) >= 11 is 1.43. The highest BCUT2D eigenvalue weighted by Gasteiger charge is 2.26. The number of rotatable bonds is 4. The predicted octanol–water partition coefficient (Wildman–Crippen LogP) is 3.16. The van der Waals surface area contributed by atoms with E-state index in [9.17, 15) is 4.79 Å². The Morgan fingerprint density at radius 2 is 1.97 bits per heavy atom. The molecule has 2 aromatic heterocycles. The molecule has 152 valence electrons. The molecule has 0 unspecified atom stereocenters. The molecule has 0 N–H and O–H groups in total. The van der Waals surface area contributed by atoms with Crippen LogP contribution in [0.1, 0.15) is 25.0 Å². The van der Waals surface area contributed by atoms with Crippen LogP contribution < -0.4 is 0 Å². The largest absolute Gasteiger partial charge is 0.372 e.